The van der Waals surface area contributed by atoms with Crippen molar-refractivity contribution in [2.24, 2.45) is 0 Å². The fourth-order valence-electron chi connectivity index (χ4n) is 2.81. The van der Waals surface area contributed by atoms with Gasteiger partial charge in [0.15, 0.2) is 0 Å². The minimum atomic E-state index is -1.17. The van der Waals surface area contributed by atoms with Crippen LogP contribution < -0.4 is 4.90 Å². The highest BCUT2D eigenvalue weighted by Gasteiger charge is 2.28. The van der Waals surface area contributed by atoms with Crippen LogP contribution >= 0.6 is 0 Å². The first-order valence-corrected chi connectivity index (χ1v) is 8.43. The van der Waals surface area contributed by atoms with E-state index in [1.807, 2.05) is 67.5 Å². The van der Waals surface area contributed by atoms with E-state index >= 15 is 0 Å². The summed E-state index contributed by atoms with van der Waals surface area (Å²) < 4.78 is 12.7. The van der Waals surface area contributed by atoms with Gasteiger partial charge in [-0.05, 0) is 38.4 Å². The van der Waals surface area contributed by atoms with Gasteiger partial charge in [0, 0.05) is 6.54 Å². The van der Waals surface area contributed by atoms with E-state index in [0.29, 0.717) is 13.1 Å². The van der Waals surface area contributed by atoms with E-state index in [1.54, 1.807) is 0 Å². The Morgan fingerprint density at radius 3 is 2.05 bits per heavy atom. The molecule has 1 aliphatic heterocycles. The lowest BCUT2D eigenvalue weighted by atomic mass is 10.2. The van der Waals surface area contributed by atoms with Crippen LogP contribution in [-0.4, -0.2) is 47.5 Å². The predicted molar refractivity (Wildman–Crippen MR) is 89.1 cm³/mol. The van der Waals surface area contributed by atoms with Gasteiger partial charge in [-0.1, -0.05) is 24.3 Å². The van der Waals surface area contributed by atoms with Crippen molar-refractivity contribution in [2.45, 2.75) is 15.9 Å². The molecule has 1 N–H and O–H groups in total. The number of aliphatic hydroxyl groups is 1. The maximum atomic E-state index is 12.7. The molecule has 0 radical (unpaired) electrons. The molecule has 1 aliphatic rings. The Balaban J connectivity index is 2.02. The second-order valence-electron chi connectivity index (χ2n) is 5.73. The van der Waals surface area contributed by atoms with Crippen LogP contribution in [-0.2, 0) is 10.8 Å². The predicted octanol–water partition coefficient (Wildman–Crippen LogP) is 2.23. The van der Waals surface area contributed by atoms with Gasteiger partial charge < -0.3 is 14.9 Å². The van der Waals surface area contributed by atoms with Gasteiger partial charge in [-0.3, -0.25) is 0 Å². The highest BCUT2D eigenvalue weighted by atomic mass is 32.2. The van der Waals surface area contributed by atoms with Crippen LogP contribution in [0.1, 0.15) is 0 Å². The minimum absolute atomic E-state index is 0.476. The molecule has 0 aromatic heterocycles. The van der Waals surface area contributed by atoms with Crippen molar-refractivity contribution in [1.29, 1.82) is 0 Å². The molecule has 0 saturated carbocycles. The summed E-state index contributed by atoms with van der Waals surface area (Å²) in [5, 5.41) is 10.3. The zero-order chi connectivity index (χ0) is 15.7. The monoisotopic (exact) mass is 316 g/mol. The quantitative estimate of drug-likeness (QED) is 0.939. The molecule has 5 heteroatoms. The SMILES string of the molecule is CN(C)CC(O)CN1c2ccccc2S(=O)c2ccccc21. The fraction of sp³-hybridized carbons (Fsp3) is 0.294. The molecule has 22 heavy (non-hydrogen) atoms. The molecule has 0 bridgehead atoms. The number of anilines is 2. The molecule has 2 aromatic rings. The first-order chi connectivity index (χ1) is 10.6. The third-order valence-corrected chi connectivity index (χ3v) is 5.17. The zero-order valence-corrected chi connectivity index (χ0v) is 13.6. The van der Waals surface area contributed by atoms with Crippen LogP contribution in [0.4, 0.5) is 11.4 Å². The number of nitrogens with zero attached hydrogens (tertiary/aromatic N) is 2. The number of hydrogen-bond donors (Lipinski definition) is 1. The topological polar surface area (TPSA) is 43.8 Å². The summed E-state index contributed by atoms with van der Waals surface area (Å²) >= 11 is 0. The third-order valence-electron chi connectivity index (χ3n) is 3.68. The fourth-order valence-corrected chi connectivity index (χ4v) is 4.19. The van der Waals surface area contributed by atoms with Crippen molar-refractivity contribution in [3.63, 3.8) is 0 Å². The first kappa shape index (κ1) is 15.2. The van der Waals surface area contributed by atoms with Gasteiger partial charge in [0.1, 0.15) is 0 Å². The molecule has 3 rings (SSSR count). The van der Waals surface area contributed by atoms with E-state index in [4.69, 9.17) is 0 Å². The number of likely N-dealkylation sites (N-methyl/N-ethyl adjacent to an activating group) is 1. The van der Waals surface area contributed by atoms with E-state index in [9.17, 15) is 9.32 Å². The van der Waals surface area contributed by atoms with Gasteiger partial charge in [-0.15, -0.1) is 0 Å². The molecule has 0 saturated heterocycles. The minimum Gasteiger partial charge on any atom is -0.390 e. The number of aliphatic hydroxyl groups excluding tert-OH is 1. The van der Waals surface area contributed by atoms with Gasteiger partial charge in [-0.25, -0.2) is 4.21 Å². The summed E-state index contributed by atoms with van der Waals surface area (Å²) in [6.45, 7) is 1.06. The maximum Gasteiger partial charge on any atom is 0.0892 e. The molecule has 0 amide bonds. The largest absolute Gasteiger partial charge is 0.390 e. The van der Waals surface area contributed by atoms with E-state index < -0.39 is 16.9 Å². The van der Waals surface area contributed by atoms with Gasteiger partial charge in [-0.2, -0.15) is 0 Å². The van der Waals surface area contributed by atoms with Crippen LogP contribution in [0.2, 0.25) is 0 Å². The van der Waals surface area contributed by atoms with Crippen LogP contribution in [0.3, 0.4) is 0 Å². The number of rotatable bonds is 4. The van der Waals surface area contributed by atoms with E-state index in [-0.39, 0.29) is 0 Å². The standard InChI is InChI=1S/C17H20N2O2S/c1-18(2)11-13(20)12-19-14-7-3-5-9-16(14)22(21)17-10-6-4-8-15(17)19/h3-10,13,20H,11-12H2,1-2H3. The van der Waals surface area contributed by atoms with Gasteiger partial charge in [0.05, 0.1) is 44.6 Å². The maximum absolute atomic E-state index is 12.7. The van der Waals surface area contributed by atoms with Gasteiger partial charge in [0.25, 0.3) is 0 Å². The lowest BCUT2D eigenvalue weighted by molar-refractivity contribution is 0.143. The molecule has 0 aliphatic carbocycles. The number of para-hydroxylation sites is 2. The second kappa shape index (κ2) is 6.20. The lowest BCUT2D eigenvalue weighted by Crippen LogP contribution is -2.37. The number of benzene rings is 2. The molecular formula is C17H20N2O2S. The molecule has 116 valence electrons. The van der Waals surface area contributed by atoms with E-state index in [1.165, 1.54) is 0 Å². The molecule has 0 fully saturated rings. The molecule has 0 spiro atoms. The summed E-state index contributed by atoms with van der Waals surface area (Å²) in [5.74, 6) is 0. The van der Waals surface area contributed by atoms with Crippen molar-refractivity contribution in [3.05, 3.63) is 48.5 Å². The number of hydrogen-bond acceptors (Lipinski definition) is 4. The summed E-state index contributed by atoms with van der Waals surface area (Å²) in [6.07, 6.45) is -0.484. The van der Waals surface area contributed by atoms with Crippen molar-refractivity contribution >= 4 is 22.2 Å². The van der Waals surface area contributed by atoms with Crippen LogP contribution in [0.15, 0.2) is 58.3 Å². The molecule has 1 atom stereocenters. The summed E-state index contributed by atoms with van der Waals surface area (Å²) in [5.41, 5.74) is 1.83. The molecule has 4 nitrogen and oxygen atoms in total. The molecule has 1 heterocycles. The number of β-amino-alcohol motifs (C(OH)–C–C–N with tert-alkyl or cyclic N) is 1. The third kappa shape index (κ3) is 2.79. The van der Waals surface area contributed by atoms with Crippen molar-refractivity contribution in [3.8, 4) is 0 Å². The molecular weight excluding hydrogens is 296 g/mol. The van der Waals surface area contributed by atoms with Crippen LogP contribution in [0.5, 0.6) is 0 Å². The Labute approximate surface area is 133 Å². The highest BCUT2D eigenvalue weighted by molar-refractivity contribution is 7.85. The molecule has 2 aromatic carbocycles. The van der Waals surface area contributed by atoms with Gasteiger partial charge >= 0.3 is 0 Å². The van der Waals surface area contributed by atoms with E-state index in [2.05, 4.69) is 4.90 Å². The normalized spacial score (nSPS) is 15.5. The Hall–Kier alpha value is -1.69. The van der Waals surface area contributed by atoms with Crippen molar-refractivity contribution < 1.29 is 9.32 Å². The Morgan fingerprint density at radius 1 is 1.05 bits per heavy atom. The van der Waals surface area contributed by atoms with Crippen LogP contribution in [0, 0.1) is 0 Å². The van der Waals surface area contributed by atoms with Crippen molar-refractivity contribution in [1.82, 2.24) is 4.90 Å². The van der Waals surface area contributed by atoms with Crippen LogP contribution in [0.25, 0.3) is 0 Å². The first-order valence-electron chi connectivity index (χ1n) is 7.28. The summed E-state index contributed by atoms with van der Waals surface area (Å²) in [4.78, 5) is 5.64. The van der Waals surface area contributed by atoms with E-state index in [0.717, 1.165) is 21.2 Å². The Morgan fingerprint density at radius 2 is 1.55 bits per heavy atom. The lowest BCUT2D eigenvalue weighted by Gasteiger charge is -2.34. The zero-order valence-electron chi connectivity index (χ0n) is 12.8. The number of fused-ring (bicyclic) bond motifs is 2. The smallest absolute Gasteiger partial charge is 0.0892 e. The summed E-state index contributed by atoms with van der Waals surface area (Å²) in [7, 11) is 2.71. The van der Waals surface area contributed by atoms with Gasteiger partial charge in [0.2, 0.25) is 0 Å². The second-order valence-corrected chi connectivity index (χ2v) is 7.15. The molecule has 1 unspecified atom stereocenters. The Kier molecular flexibility index (Phi) is 4.29. The van der Waals surface area contributed by atoms with Crippen molar-refractivity contribution in [2.75, 3.05) is 32.1 Å². The Bertz CT molecular complexity index is 653. The summed E-state index contributed by atoms with van der Waals surface area (Å²) in [6, 6.07) is 15.4. The average Bonchev–Trinajstić information content (AvgIpc) is 2.51. The average molecular weight is 316 g/mol. The highest BCUT2D eigenvalue weighted by Crippen LogP contribution is 2.41.